The fourth-order valence-electron chi connectivity index (χ4n) is 2.79. The molecular formula is C16H26Cl2N2O2S. The lowest BCUT2D eigenvalue weighted by atomic mass is 9.94. The van der Waals surface area contributed by atoms with E-state index in [9.17, 15) is 8.42 Å². The highest BCUT2D eigenvalue weighted by molar-refractivity contribution is 7.89. The molecule has 1 aliphatic rings. The first-order chi connectivity index (χ1) is 10.3. The van der Waals surface area contributed by atoms with Crippen molar-refractivity contribution in [3.8, 4) is 0 Å². The van der Waals surface area contributed by atoms with Crippen molar-refractivity contribution in [2.75, 3.05) is 13.1 Å². The topological polar surface area (TPSA) is 58.2 Å². The van der Waals surface area contributed by atoms with Gasteiger partial charge in [0, 0.05) is 6.04 Å². The molecule has 2 N–H and O–H groups in total. The standard InChI is InChI=1S/C16H25ClN2O2S.ClH/c1-11(2)13-6-7-15(17)16(9-13)22(20,21)19-12(3)14-5-4-8-18-10-14;/h6-7,9,11-12,14,18-19H,4-5,8,10H2,1-3H3;1H. The van der Waals surface area contributed by atoms with Gasteiger partial charge in [0.2, 0.25) is 10.0 Å². The minimum absolute atomic E-state index is 0. The average molecular weight is 381 g/mol. The molecule has 0 spiro atoms. The van der Waals surface area contributed by atoms with Gasteiger partial charge < -0.3 is 5.32 Å². The third kappa shape index (κ3) is 5.33. The first-order valence-electron chi connectivity index (χ1n) is 7.83. The Labute approximate surface area is 150 Å². The van der Waals surface area contributed by atoms with Gasteiger partial charge in [-0.25, -0.2) is 13.1 Å². The second-order valence-corrected chi connectivity index (χ2v) is 8.45. The summed E-state index contributed by atoms with van der Waals surface area (Å²) in [5, 5.41) is 3.59. The van der Waals surface area contributed by atoms with Gasteiger partial charge >= 0.3 is 0 Å². The van der Waals surface area contributed by atoms with Crippen LogP contribution in [0.1, 0.15) is 45.1 Å². The number of rotatable bonds is 5. The predicted molar refractivity (Wildman–Crippen MR) is 98.2 cm³/mol. The summed E-state index contributed by atoms with van der Waals surface area (Å²) in [5.41, 5.74) is 0.969. The molecule has 0 bridgehead atoms. The van der Waals surface area contributed by atoms with Crippen molar-refractivity contribution in [2.24, 2.45) is 5.92 Å². The predicted octanol–water partition coefficient (Wildman–Crippen LogP) is 3.55. The highest BCUT2D eigenvalue weighted by Crippen LogP contribution is 2.27. The molecule has 7 heteroatoms. The summed E-state index contributed by atoms with van der Waals surface area (Å²) in [6.45, 7) is 7.85. The zero-order valence-corrected chi connectivity index (χ0v) is 16.2. The lowest BCUT2D eigenvalue weighted by Gasteiger charge is -2.28. The minimum Gasteiger partial charge on any atom is -0.316 e. The fourth-order valence-corrected chi connectivity index (χ4v) is 4.64. The average Bonchev–Trinajstić information content (AvgIpc) is 2.47. The monoisotopic (exact) mass is 380 g/mol. The van der Waals surface area contributed by atoms with Gasteiger partial charge in [-0.05, 0) is 62.4 Å². The Morgan fingerprint density at radius 1 is 1.30 bits per heavy atom. The lowest BCUT2D eigenvalue weighted by molar-refractivity contribution is 0.320. The first-order valence-corrected chi connectivity index (χ1v) is 9.70. The number of nitrogens with one attached hydrogen (secondary N) is 2. The number of piperidine rings is 1. The Morgan fingerprint density at radius 3 is 2.57 bits per heavy atom. The van der Waals surface area contributed by atoms with Crippen LogP contribution in [0.2, 0.25) is 5.02 Å². The third-order valence-corrected chi connectivity index (χ3v) is 6.34. The first kappa shape index (κ1) is 20.7. The maximum absolute atomic E-state index is 12.7. The van der Waals surface area contributed by atoms with Crippen LogP contribution in [-0.2, 0) is 10.0 Å². The van der Waals surface area contributed by atoms with E-state index in [0.29, 0.717) is 5.92 Å². The van der Waals surface area contributed by atoms with Crippen LogP contribution in [0, 0.1) is 5.92 Å². The maximum Gasteiger partial charge on any atom is 0.242 e. The quantitative estimate of drug-likeness (QED) is 0.820. The van der Waals surface area contributed by atoms with E-state index in [1.807, 2.05) is 26.8 Å². The zero-order valence-electron chi connectivity index (χ0n) is 13.8. The van der Waals surface area contributed by atoms with Crippen molar-refractivity contribution in [2.45, 2.75) is 50.5 Å². The molecule has 1 aliphatic heterocycles. The molecule has 2 unspecified atom stereocenters. The Hall–Kier alpha value is -0.330. The number of hydrogen-bond donors (Lipinski definition) is 2. The van der Waals surface area contributed by atoms with Gasteiger partial charge in [-0.15, -0.1) is 12.4 Å². The van der Waals surface area contributed by atoms with Crippen molar-refractivity contribution in [3.63, 3.8) is 0 Å². The number of sulfonamides is 1. The van der Waals surface area contributed by atoms with Crippen LogP contribution < -0.4 is 10.0 Å². The van der Waals surface area contributed by atoms with Crippen molar-refractivity contribution in [1.82, 2.24) is 10.0 Å². The van der Waals surface area contributed by atoms with Crippen molar-refractivity contribution < 1.29 is 8.42 Å². The molecule has 132 valence electrons. The molecule has 0 aliphatic carbocycles. The normalized spacial score (nSPS) is 20.1. The molecule has 0 radical (unpaired) electrons. The molecule has 1 fully saturated rings. The van der Waals surface area contributed by atoms with Crippen molar-refractivity contribution in [3.05, 3.63) is 28.8 Å². The fraction of sp³-hybridized carbons (Fsp3) is 0.625. The molecule has 2 rings (SSSR count). The SMILES string of the molecule is CC(C)c1ccc(Cl)c(S(=O)(=O)NC(C)C2CCCNC2)c1.Cl. The Bertz CT molecular complexity index is 615. The van der Waals surface area contributed by atoms with Crippen molar-refractivity contribution >= 4 is 34.0 Å². The van der Waals surface area contributed by atoms with Crippen LogP contribution in [0.3, 0.4) is 0 Å². The Balaban J connectivity index is 0.00000264. The van der Waals surface area contributed by atoms with Gasteiger partial charge in [0.1, 0.15) is 4.90 Å². The van der Waals surface area contributed by atoms with E-state index < -0.39 is 10.0 Å². The smallest absolute Gasteiger partial charge is 0.242 e. The van der Waals surface area contributed by atoms with Crippen LogP contribution in [-0.4, -0.2) is 27.5 Å². The molecular weight excluding hydrogens is 355 g/mol. The number of hydrogen-bond acceptors (Lipinski definition) is 3. The van der Waals surface area contributed by atoms with Crippen LogP contribution in [0.15, 0.2) is 23.1 Å². The van der Waals surface area contributed by atoms with Crippen molar-refractivity contribution in [1.29, 1.82) is 0 Å². The van der Waals surface area contributed by atoms with E-state index in [0.717, 1.165) is 31.5 Å². The number of halogens is 2. The van der Waals surface area contributed by atoms with Crippen LogP contribution >= 0.6 is 24.0 Å². The van der Waals surface area contributed by atoms with Gasteiger partial charge in [0.15, 0.2) is 0 Å². The molecule has 0 aromatic heterocycles. The van der Waals surface area contributed by atoms with E-state index >= 15 is 0 Å². The molecule has 4 nitrogen and oxygen atoms in total. The van der Waals surface area contributed by atoms with E-state index in [1.165, 1.54) is 0 Å². The lowest BCUT2D eigenvalue weighted by Crippen LogP contribution is -2.44. The van der Waals surface area contributed by atoms with Gasteiger partial charge in [0.05, 0.1) is 5.02 Å². The zero-order chi connectivity index (χ0) is 16.3. The van der Waals surface area contributed by atoms with E-state index in [4.69, 9.17) is 11.6 Å². The van der Waals surface area contributed by atoms with Gasteiger partial charge in [-0.1, -0.05) is 31.5 Å². The van der Waals surface area contributed by atoms with Gasteiger partial charge in [0.25, 0.3) is 0 Å². The largest absolute Gasteiger partial charge is 0.316 e. The highest BCUT2D eigenvalue weighted by Gasteiger charge is 2.26. The molecule has 0 amide bonds. The summed E-state index contributed by atoms with van der Waals surface area (Å²) in [4.78, 5) is 0.177. The molecule has 2 atom stereocenters. The number of benzene rings is 1. The van der Waals surface area contributed by atoms with Gasteiger partial charge in [-0.3, -0.25) is 0 Å². The van der Waals surface area contributed by atoms with Gasteiger partial charge in [-0.2, -0.15) is 0 Å². The maximum atomic E-state index is 12.7. The van der Waals surface area contributed by atoms with Crippen LogP contribution in [0.4, 0.5) is 0 Å². The summed E-state index contributed by atoms with van der Waals surface area (Å²) in [7, 11) is -3.61. The molecule has 1 aromatic carbocycles. The highest BCUT2D eigenvalue weighted by atomic mass is 35.5. The van der Waals surface area contributed by atoms with E-state index in [2.05, 4.69) is 10.0 Å². The summed E-state index contributed by atoms with van der Waals surface area (Å²) < 4.78 is 28.1. The summed E-state index contributed by atoms with van der Waals surface area (Å²) in [6, 6.07) is 5.11. The van der Waals surface area contributed by atoms with Crippen LogP contribution in [0.5, 0.6) is 0 Å². The van der Waals surface area contributed by atoms with E-state index in [-0.39, 0.29) is 34.3 Å². The van der Waals surface area contributed by atoms with E-state index in [1.54, 1.807) is 12.1 Å². The molecule has 0 saturated carbocycles. The molecule has 1 saturated heterocycles. The second kappa shape index (κ2) is 8.67. The Kier molecular flexibility index (Phi) is 7.81. The molecule has 23 heavy (non-hydrogen) atoms. The third-order valence-electron chi connectivity index (χ3n) is 4.29. The summed E-state index contributed by atoms with van der Waals surface area (Å²) in [5.74, 6) is 0.571. The van der Waals surface area contributed by atoms with Crippen LogP contribution in [0.25, 0.3) is 0 Å². The summed E-state index contributed by atoms with van der Waals surface area (Å²) >= 11 is 6.12. The molecule has 1 aromatic rings. The minimum atomic E-state index is -3.61. The Morgan fingerprint density at radius 2 is 2.00 bits per heavy atom. The summed E-state index contributed by atoms with van der Waals surface area (Å²) in [6.07, 6.45) is 2.12. The second-order valence-electron chi connectivity index (χ2n) is 6.36. The molecule has 1 heterocycles.